The van der Waals surface area contributed by atoms with Crippen LogP contribution in [0, 0.1) is 0 Å². The lowest BCUT2D eigenvalue weighted by molar-refractivity contribution is 0.0994. The molecule has 1 heterocycles. The van der Waals surface area contributed by atoms with Crippen LogP contribution in [0.1, 0.15) is 17.3 Å². The molecule has 1 aliphatic heterocycles. The lowest BCUT2D eigenvalue weighted by atomic mass is 10.0. The average molecular weight is 213 g/mol. The zero-order valence-electron chi connectivity index (χ0n) is 8.90. The van der Waals surface area contributed by atoms with Crippen molar-refractivity contribution >= 4 is 22.4 Å². The summed E-state index contributed by atoms with van der Waals surface area (Å²) in [5.41, 5.74) is 1.58. The first-order valence-electron chi connectivity index (χ1n) is 5.30. The van der Waals surface area contributed by atoms with Gasteiger partial charge in [0.2, 0.25) is 0 Å². The quantitative estimate of drug-likeness (QED) is 0.790. The Morgan fingerprint density at radius 2 is 2.06 bits per heavy atom. The van der Waals surface area contributed by atoms with E-state index in [0.717, 1.165) is 16.5 Å². The lowest BCUT2D eigenvalue weighted by Crippen LogP contribution is -2.25. The van der Waals surface area contributed by atoms with E-state index in [2.05, 4.69) is 0 Å². The van der Waals surface area contributed by atoms with Crippen LogP contribution < -0.4 is 4.90 Å². The zero-order valence-corrected chi connectivity index (χ0v) is 8.90. The number of phenolic OH excluding ortho intramolecular Hbond substituents is 1. The molecule has 0 unspecified atom stereocenters. The highest BCUT2D eigenvalue weighted by atomic mass is 16.3. The van der Waals surface area contributed by atoms with Gasteiger partial charge in [-0.2, -0.15) is 0 Å². The lowest BCUT2D eigenvalue weighted by Gasteiger charge is -2.14. The maximum Gasteiger partial charge on any atom is 0.258 e. The Kier molecular flexibility index (Phi) is 1.72. The molecule has 3 heteroatoms. The second kappa shape index (κ2) is 2.98. The fourth-order valence-corrected chi connectivity index (χ4v) is 2.34. The summed E-state index contributed by atoms with van der Waals surface area (Å²) >= 11 is 0. The molecule has 0 bridgehead atoms. The molecule has 1 amide bonds. The normalized spacial score (nSPS) is 13.8. The van der Waals surface area contributed by atoms with Gasteiger partial charge in [-0.1, -0.05) is 12.1 Å². The molecule has 16 heavy (non-hydrogen) atoms. The summed E-state index contributed by atoms with van der Waals surface area (Å²) in [7, 11) is 0. The van der Waals surface area contributed by atoms with E-state index >= 15 is 0 Å². The van der Waals surface area contributed by atoms with Crippen LogP contribution in [0.2, 0.25) is 0 Å². The third-order valence-electron chi connectivity index (χ3n) is 3.08. The number of hydrogen-bond acceptors (Lipinski definition) is 2. The van der Waals surface area contributed by atoms with Crippen LogP contribution in [-0.4, -0.2) is 17.6 Å². The third kappa shape index (κ3) is 0.949. The van der Waals surface area contributed by atoms with Crippen molar-refractivity contribution < 1.29 is 9.90 Å². The van der Waals surface area contributed by atoms with E-state index in [-0.39, 0.29) is 11.7 Å². The van der Waals surface area contributed by atoms with Gasteiger partial charge in [0.05, 0.1) is 5.69 Å². The fourth-order valence-electron chi connectivity index (χ4n) is 2.34. The predicted octanol–water partition coefficient (Wildman–Crippen LogP) is 2.53. The minimum absolute atomic E-state index is 0.0219. The summed E-state index contributed by atoms with van der Waals surface area (Å²) in [6.07, 6.45) is 0. The summed E-state index contributed by atoms with van der Waals surface area (Å²) in [4.78, 5) is 13.8. The molecule has 3 nitrogen and oxygen atoms in total. The van der Waals surface area contributed by atoms with Crippen molar-refractivity contribution in [2.75, 3.05) is 11.4 Å². The van der Waals surface area contributed by atoms with Crippen LogP contribution >= 0.6 is 0 Å². The first kappa shape index (κ1) is 9.21. The molecule has 1 aliphatic rings. The molecule has 2 aromatic carbocycles. The highest BCUT2D eigenvalue weighted by molar-refractivity contribution is 6.25. The van der Waals surface area contributed by atoms with Crippen LogP contribution in [-0.2, 0) is 0 Å². The number of hydrogen-bond donors (Lipinski definition) is 1. The summed E-state index contributed by atoms with van der Waals surface area (Å²) in [6, 6.07) is 8.89. The Hall–Kier alpha value is -2.03. The fraction of sp³-hybridized carbons (Fsp3) is 0.154. The van der Waals surface area contributed by atoms with Crippen LogP contribution in [0.5, 0.6) is 5.75 Å². The number of carbonyl (C=O) groups excluding carboxylic acids is 1. The van der Waals surface area contributed by atoms with Gasteiger partial charge < -0.3 is 10.0 Å². The van der Waals surface area contributed by atoms with Crippen molar-refractivity contribution in [1.29, 1.82) is 0 Å². The molecule has 0 saturated carbocycles. The van der Waals surface area contributed by atoms with E-state index in [9.17, 15) is 9.90 Å². The van der Waals surface area contributed by atoms with E-state index in [1.165, 1.54) is 0 Å². The molecular formula is C13H11NO2. The van der Waals surface area contributed by atoms with Crippen LogP contribution in [0.15, 0.2) is 30.3 Å². The molecule has 0 radical (unpaired) electrons. The monoisotopic (exact) mass is 213 g/mol. The van der Waals surface area contributed by atoms with E-state index in [4.69, 9.17) is 0 Å². The van der Waals surface area contributed by atoms with Crippen molar-refractivity contribution in [2.24, 2.45) is 0 Å². The molecule has 0 aromatic heterocycles. The maximum atomic E-state index is 12.1. The summed E-state index contributed by atoms with van der Waals surface area (Å²) in [5, 5.41) is 11.4. The second-order valence-electron chi connectivity index (χ2n) is 3.88. The second-order valence-corrected chi connectivity index (χ2v) is 3.88. The standard InChI is InChI=1S/C13H11NO2/c1-2-14-10-6-7-11(15)8-4-3-5-9(12(8)10)13(14)16/h3-7,15H,2H2,1H3. The third-order valence-corrected chi connectivity index (χ3v) is 3.08. The van der Waals surface area contributed by atoms with Gasteiger partial charge in [0.25, 0.3) is 5.91 Å². The Bertz CT molecular complexity index is 604. The van der Waals surface area contributed by atoms with Gasteiger partial charge in [0.15, 0.2) is 0 Å². The van der Waals surface area contributed by atoms with Crippen LogP contribution in [0.4, 0.5) is 5.69 Å². The first-order valence-corrected chi connectivity index (χ1v) is 5.30. The van der Waals surface area contributed by atoms with E-state index in [1.807, 2.05) is 19.1 Å². The highest BCUT2D eigenvalue weighted by Crippen LogP contribution is 2.40. The SMILES string of the molecule is CCN1C(=O)c2cccc3c(O)ccc1c23. The number of amides is 1. The zero-order chi connectivity index (χ0) is 11.3. The Morgan fingerprint density at radius 3 is 2.81 bits per heavy atom. The van der Waals surface area contributed by atoms with Gasteiger partial charge in [-0.25, -0.2) is 0 Å². The van der Waals surface area contributed by atoms with Crippen molar-refractivity contribution in [3.05, 3.63) is 35.9 Å². The van der Waals surface area contributed by atoms with Gasteiger partial charge in [0, 0.05) is 22.9 Å². The molecule has 0 spiro atoms. The Balaban J connectivity index is 2.47. The number of carbonyl (C=O) groups is 1. The van der Waals surface area contributed by atoms with Gasteiger partial charge in [0.1, 0.15) is 5.75 Å². The molecule has 0 atom stereocenters. The van der Waals surface area contributed by atoms with Crippen molar-refractivity contribution in [2.45, 2.75) is 6.92 Å². The number of aromatic hydroxyl groups is 1. The molecule has 80 valence electrons. The molecular weight excluding hydrogens is 202 g/mol. The molecule has 0 saturated heterocycles. The summed E-state index contributed by atoms with van der Waals surface area (Å²) in [6.45, 7) is 2.59. The van der Waals surface area contributed by atoms with Gasteiger partial charge in [-0.15, -0.1) is 0 Å². The Morgan fingerprint density at radius 1 is 1.25 bits per heavy atom. The average Bonchev–Trinajstić information content (AvgIpc) is 2.59. The number of anilines is 1. The number of rotatable bonds is 1. The van der Waals surface area contributed by atoms with Gasteiger partial charge in [-0.3, -0.25) is 4.79 Å². The van der Waals surface area contributed by atoms with Crippen molar-refractivity contribution in [1.82, 2.24) is 0 Å². The molecule has 2 aromatic rings. The van der Waals surface area contributed by atoms with Crippen molar-refractivity contribution in [3.63, 3.8) is 0 Å². The van der Waals surface area contributed by atoms with E-state index in [1.54, 1.807) is 23.1 Å². The largest absolute Gasteiger partial charge is 0.507 e. The maximum absolute atomic E-state index is 12.1. The number of benzene rings is 2. The minimum atomic E-state index is 0.0219. The molecule has 0 fully saturated rings. The smallest absolute Gasteiger partial charge is 0.258 e. The van der Waals surface area contributed by atoms with Crippen LogP contribution in [0.3, 0.4) is 0 Å². The molecule has 1 N–H and O–H groups in total. The highest BCUT2D eigenvalue weighted by Gasteiger charge is 2.28. The van der Waals surface area contributed by atoms with E-state index in [0.29, 0.717) is 12.1 Å². The molecule has 3 rings (SSSR count). The van der Waals surface area contributed by atoms with Crippen molar-refractivity contribution in [3.8, 4) is 5.75 Å². The minimum Gasteiger partial charge on any atom is -0.507 e. The number of phenols is 1. The van der Waals surface area contributed by atoms with Gasteiger partial charge in [-0.05, 0) is 25.1 Å². The summed E-state index contributed by atoms with van der Waals surface area (Å²) in [5.74, 6) is 0.250. The predicted molar refractivity (Wildman–Crippen MR) is 63.0 cm³/mol. The molecule has 0 aliphatic carbocycles. The topological polar surface area (TPSA) is 40.5 Å². The first-order chi connectivity index (χ1) is 7.74. The van der Waals surface area contributed by atoms with Crippen LogP contribution in [0.25, 0.3) is 10.8 Å². The van der Waals surface area contributed by atoms with E-state index < -0.39 is 0 Å². The number of nitrogens with zero attached hydrogens (tertiary/aromatic N) is 1. The summed E-state index contributed by atoms with van der Waals surface area (Å²) < 4.78 is 0. The Labute approximate surface area is 92.9 Å². The van der Waals surface area contributed by atoms with Gasteiger partial charge >= 0.3 is 0 Å².